The summed E-state index contributed by atoms with van der Waals surface area (Å²) in [6, 6.07) is 0. The molecule has 2 unspecified atom stereocenters. The van der Waals surface area contributed by atoms with Gasteiger partial charge in [-0.05, 0) is 13.3 Å². The predicted octanol–water partition coefficient (Wildman–Crippen LogP) is -1.01. The SMILES string of the molecule is CCC(O)(C(N)=O)C(C)O. The molecule has 10 heavy (non-hydrogen) atoms. The lowest BCUT2D eigenvalue weighted by molar-refractivity contribution is -0.148. The standard InChI is InChI=1S/C6H13NO3/c1-3-6(10,4(2)8)5(7)9/h4,8,10H,3H2,1-2H3,(H2,7,9). The molecule has 1 amide bonds. The highest BCUT2D eigenvalue weighted by atomic mass is 16.3. The number of primary amides is 1. The third kappa shape index (κ3) is 1.46. The summed E-state index contributed by atoms with van der Waals surface area (Å²) in [4.78, 5) is 10.5. The van der Waals surface area contributed by atoms with Gasteiger partial charge in [0, 0.05) is 0 Å². The molecule has 0 saturated carbocycles. The van der Waals surface area contributed by atoms with Gasteiger partial charge < -0.3 is 15.9 Å². The van der Waals surface area contributed by atoms with Crippen LogP contribution in [0.15, 0.2) is 0 Å². The van der Waals surface area contributed by atoms with E-state index >= 15 is 0 Å². The fraction of sp³-hybridized carbons (Fsp3) is 0.833. The molecule has 0 rings (SSSR count). The molecule has 4 heteroatoms. The van der Waals surface area contributed by atoms with Crippen molar-refractivity contribution in [3.05, 3.63) is 0 Å². The molecule has 0 aliphatic rings. The molecular formula is C6H13NO3. The summed E-state index contributed by atoms with van der Waals surface area (Å²) in [6.07, 6.45) is -0.991. The van der Waals surface area contributed by atoms with Crippen LogP contribution >= 0.6 is 0 Å². The van der Waals surface area contributed by atoms with Crippen LogP contribution < -0.4 is 5.73 Å². The molecule has 0 heterocycles. The van der Waals surface area contributed by atoms with Crippen LogP contribution in [-0.4, -0.2) is 27.8 Å². The highest BCUT2D eigenvalue weighted by molar-refractivity contribution is 5.83. The molecule has 0 spiro atoms. The Morgan fingerprint density at radius 3 is 2.20 bits per heavy atom. The second kappa shape index (κ2) is 2.98. The Kier molecular flexibility index (Phi) is 2.80. The number of carbonyl (C=O) groups excluding carboxylic acids is 1. The number of hydrogen-bond donors (Lipinski definition) is 3. The minimum atomic E-state index is -1.76. The molecule has 0 fully saturated rings. The minimum Gasteiger partial charge on any atom is -0.390 e. The average molecular weight is 147 g/mol. The van der Waals surface area contributed by atoms with Crippen LogP contribution in [0.3, 0.4) is 0 Å². The molecule has 4 nitrogen and oxygen atoms in total. The molecule has 0 bridgehead atoms. The van der Waals surface area contributed by atoms with E-state index in [0.717, 1.165) is 0 Å². The second-order valence-corrected chi connectivity index (χ2v) is 2.32. The number of rotatable bonds is 3. The number of hydrogen-bond acceptors (Lipinski definition) is 3. The van der Waals surface area contributed by atoms with Gasteiger partial charge in [0.05, 0.1) is 6.10 Å². The van der Waals surface area contributed by atoms with Gasteiger partial charge in [0.1, 0.15) is 0 Å². The van der Waals surface area contributed by atoms with E-state index in [9.17, 15) is 9.90 Å². The number of aliphatic hydroxyl groups is 2. The number of carbonyl (C=O) groups is 1. The topological polar surface area (TPSA) is 83.5 Å². The Morgan fingerprint density at radius 2 is 2.20 bits per heavy atom. The lowest BCUT2D eigenvalue weighted by atomic mass is 9.94. The lowest BCUT2D eigenvalue weighted by Gasteiger charge is -2.25. The molecular weight excluding hydrogens is 134 g/mol. The lowest BCUT2D eigenvalue weighted by Crippen LogP contribution is -2.51. The van der Waals surface area contributed by atoms with Crippen molar-refractivity contribution in [2.45, 2.75) is 32.0 Å². The summed E-state index contributed by atoms with van der Waals surface area (Å²) >= 11 is 0. The van der Waals surface area contributed by atoms with Crippen molar-refractivity contribution < 1.29 is 15.0 Å². The van der Waals surface area contributed by atoms with Gasteiger partial charge in [-0.25, -0.2) is 0 Å². The normalized spacial score (nSPS) is 19.6. The Labute approximate surface area is 59.7 Å². The Morgan fingerprint density at radius 1 is 1.80 bits per heavy atom. The summed E-state index contributed by atoms with van der Waals surface area (Å²) in [5.41, 5.74) is 3.07. The van der Waals surface area contributed by atoms with E-state index in [2.05, 4.69) is 0 Å². The predicted molar refractivity (Wildman–Crippen MR) is 36.1 cm³/mol. The van der Waals surface area contributed by atoms with Crippen LogP contribution in [0.2, 0.25) is 0 Å². The second-order valence-electron chi connectivity index (χ2n) is 2.32. The van der Waals surface area contributed by atoms with Crippen LogP contribution in [0.25, 0.3) is 0 Å². The first kappa shape index (κ1) is 9.39. The van der Waals surface area contributed by atoms with Crippen LogP contribution in [0.1, 0.15) is 20.3 Å². The summed E-state index contributed by atoms with van der Waals surface area (Å²) in [5.74, 6) is -0.884. The molecule has 0 aromatic carbocycles. The van der Waals surface area contributed by atoms with E-state index in [0.29, 0.717) is 0 Å². The molecule has 0 aromatic heterocycles. The summed E-state index contributed by atoms with van der Waals surface area (Å²) in [6.45, 7) is 2.91. The Hall–Kier alpha value is -0.610. The monoisotopic (exact) mass is 147 g/mol. The van der Waals surface area contributed by atoms with Crippen LogP contribution in [0, 0.1) is 0 Å². The van der Waals surface area contributed by atoms with Gasteiger partial charge in [-0.1, -0.05) is 6.92 Å². The van der Waals surface area contributed by atoms with E-state index in [-0.39, 0.29) is 6.42 Å². The van der Waals surface area contributed by atoms with Gasteiger partial charge in [0.15, 0.2) is 5.60 Å². The zero-order valence-electron chi connectivity index (χ0n) is 6.16. The fourth-order valence-electron chi connectivity index (χ4n) is 0.676. The van der Waals surface area contributed by atoms with Crippen molar-refractivity contribution in [2.75, 3.05) is 0 Å². The third-order valence-corrected chi connectivity index (χ3v) is 1.66. The van der Waals surface area contributed by atoms with Crippen molar-refractivity contribution in [2.24, 2.45) is 5.73 Å². The number of amides is 1. The maximum absolute atomic E-state index is 10.5. The Balaban J connectivity index is 4.38. The Bertz CT molecular complexity index is 135. The highest BCUT2D eigenvalue weighted by Crippen LogP contribution is 2.13. The third-order valence-electron chi connectivity index (χ3n) is 1.66. The van der Waals surface area contributed by atoms with Crippen molar-refractivity contribution in [1.29, 1.82) is 0 Å². The average Bonchev–Trinajstić information content (AvgIpc) is 1.85. The van der Waals surface area contributed by atoms with Gasteiger partial charge >= 0.3 is 0 Å². The van der Waals surface area contributed by atoms with Crippen molar-refractivity contribution in [1.82, 2.24) is 0 Å². The summed E-state index contributed by atoms with van der Waals surface area (Å²) < 4.78 is 0. The van der Waals surface area contributed by atoms with Gasteiger partial charge in [-0.15, -0.1) is 0 Å². The molecule has 0 aliphatic heterocycles. The van der Waals surface area contributed by atoms with E-state index < -0.39 is 17.6 Å². The van der Waals surface area contributed by atoms with Crippen LogP contribution in [0.4, 0.5) is 0 Å². The molecule has 2 atom stereocenters. The first-order valence-electron chi connectivity index (χ1n) is 3.15. The van der Waals surface area contributed by atoms with Gasteiger partial charge in [-0.3, -0.25) is 4.79 Å². The van der Waals surface area contributed by atoms with Gasteiger partial charge in [0.25, 0.3) is 5.91 Å². The minimum absolute atomic E-state index is 0.125. The number of nitrogens with two attached hydrogens (primary N) is 1. The van der Waals surface area contributed by atoms with Crippen LogP contribution in [-0.2, 0) is 4.79 Å². The summed E-state index contributed by atoms with van der Waals surface area (Å²) in [7, 11) is 0. The van der Waals surface area contributed by atoms with E-state index in [1.165, 1.54) is 6.92 Å². The number of aliphatic hydroxyl groups excluding tert-OH is 1. The quantitative estimate of drug-likeness (QED) is 0.478. The van der Waals surface area contributed by atoms with E-state index in [1.54, 1.807) is 6.92 Å². The fourth-order valence-corrected chi connectivity index (χ4v) is 0.676. The molecule has 60 valence electrons. The highest BCUT2D eigenvalue weighted by Gasteiger charge is 2.36. The smallest absolute Gasteiger partial charge is 0.252 e. The molecule has 0 saturated heterocycles. The van der Waals surface area contributed by atoms with Crippen LogP contribution in [0.5, 0.6) is 0 Å². The van der Waals surface area contributed by atoms with Gasteiger partial charge in [0.2, 0.25) is 0 Å². The van der Waals surface area contributed by atoms with E-state index in [4.69, 9.17) is 10.8 Å². The molecule has 4 N–H and O–H groups in total. The van der Waals surface area contributed by atoms with E-state index in [1.807, 2.05) is 0 Å². The molecule has 0 aromatic rings. The maximum atomic E-state index is 10.5. The molecule has 0 aliphatic carbocycles. The van der Waals surface area contributed by atoms with Crippen molar-refractivity contribution in [3.8, 4) is 0 Å². The largest absolute Gasteiger partial charge is 0.390 e. The summed E-state index contributed by atoms with van der Waals surface area (Å²) in [5, 5.41) is 18.1. The first-order valence-corrected chi connectivity index (χ1v) is 3.15. The first-order chi connectivity index (χ1) is 4.45. The van der Waals surface area contributed by atoms with Gasteiger partial charge in [-0.2, -0.15) is 0 Å². The zero-order valence-corrected chi connectivity index (χ0v) is 6.16. The van der Waals surface area contributed by atoms with Crippen molar-refractivity contribution >= 4 is 5.91 Å². The maximum Gasteiger partial charge on any atom is 0.252 e. The molecule has 0 radical (unpaired) electrons. The van der Waals surface area contributed by atoms with Crippen molar-refractivity contribution in [3.63, 3.8) is 0 Å². The zero-order chi connectivity index (χ0) is 8.36.